The van der Waals surface area contributed by atoms with Crippen molar-refractivity contribution in [3.63, 3.8) is 0 Å². The highest BCUT2D eigenvalue weighted by atomic mass is 35.5. The van der Waals surface area contributed by atoms with Crippen molar-refractivity contribution in [3.8, 4) is 0 Å². The van der Waals surface area contributed by atoms with Gasteiger partial charge >= 0.3 is 0 Å². The summed E-state index contributed by atoms with van der Waals surface area (Å²) in [5.41, 5.74) is 2.32. The van der Waals surface area contributed by atoms with E-state index < -0.39 is 15.9 Å². The van der Waals surface area contributed by atoms with Crippen LogP contribution in [0.25, 0.3) is 0 Å². The van der Waals surface area contributed by atoms with Crippen LogP contribution in [0.1, 0.15) is 21.9 Å². The van der Waals surface area contributed by atoms with Crippen molar-refractivity contribution in [2.75, 3.05) is 0 Å². The first kappa shape index (κ1) is 15.5. The lowest BCUT2D eigenvalue weighted by atomic mass is 10.2. The smallest absolute Gasteiger partial charge is 0.277 e. The molecule has 0 aromatic carbocycles. The summed E-state index contributed by atoms with van der Waals surface area (Å²) < 4.78 is 30.5. The molecule has 0 aliphatic heterocycles. The number of imidazole rings is 1. The summed E-state index contributed by atoms with van der Waals surface area (Å²) in [6.07, 6.45) is 1.25. The Balaban J connectivity index is 2.14. The lowest BCUT2D eigenvalue weighted by molar-refractivity contribution is 0.0943. The molecule has 0 saturated heterocycles. The van der Waals surface area contributed by atoms with Crippen LogP contribution in [-0.4, -0.2) is 23.9 Å². The minimum atomic E-state index is -4.06. The van der Waals surface area contributed by atoms with Crippen LogP contribution in [0, 0.1) is 13.8 Å². The van der Waals surface area contributed by atoms with Gasteiger partial charge in [-0.05, 0) is 19.9 Å². The van der Waals surface area contributed by atoms with Crippen LogP contribution in [0.3, 0.4) is 0 Å². The zero-order valence-electron chi connectivity index (χ0n) is 11.5. The summed E-state index contributed by atoms with van der Waals surface area (Å²) in [5, 5.41) is -0.431. The Morgan fingerprint density at radius 3 is 2.57 bits per heavy atom. The molecule has 0 fully saturated rings. The lowest BCUT2D eigenvalue weighted by Crippen LogP contribution is -2.41. The molecule has 2 rings (SSSR count). The average Bonchev–Trinajstić information content (AvgIpc) is 2.91. The van der Waals surface area contributed by atoms with Crippen molar-refractivity contribution >= 4 is 27.5 Å². The van der Waals surface area contributed by atoms with E-state index in [9.17, 15) is 13.2 Å². The fraction of sp³-hybridized carbons (Fsp3) is 0.273. The van der Waals surface area contributed by atoms with E-state index in [0.29, 0.717) is 11.5 Å². The van der Waals surface area contributed by atoms with E-state index in [1.165, 1.54) is 17.0 Å². The van der Waals surface area contributed by atoms with E-state index in [2.05, 4.69) is 10.4 Å². The largest absolute Gasteiger partial charge is 0.466 e. The van der Waals surface area contributed by atoms with E-state index in [4.69, 9.17) is 16.0 Å². The third-order valence-corrected chi connectivity index (χ3v) is 4.41. The van der Waals surface area contributed by atoms with Gasteiger partial charge < -0.3 is 8.98 Å². The minimum absolute atomic E-state index is 0.0629. The van der Waals surface area contributed by atoms with Crippen LogP contribution < -0.4 is 10.3 Å². The fourth-order valence-corrected chi connectivity index (χ4v) is 2.93. The molecule has 114 valence electrons. The van der Waals surface area contributed by atoms with Crippen molar-refractivity contribution in [1.29, 1.82) is 0 Å². The maximum absolute atomic E-state index is 12.0. The van der Waals surface area contributed by atoms with Crippen LogP contribution in [0.2, 0.25) is 5.15 Å². The van der Waals surface area contributed by atoms with Crippen LogP contribution in [0.15, 0.2) is 21.8 Å². The molecule has 10 heteroatoms. The summed E-state index contributed by atoms with van der Waals surface area (Å²) >= 11 is 5.81. The van der Waals surface area contributed by atoms with Crippen LogP contribution in [0.4, 0.5) is 0 Å². The van der Waals surface area contributed by atoms with E-state index in [-0.39, 0.29) is 15.7 Å². The number of amides is 1. The highest BCUT2D eigenvalue weighted by Gasteiger charge is 2.23. The zero-order chi connectivity index (χ0) is 15.8. The predicted octanol–water partition coefficient (Wildman–Crippen LogP) is 0.907. The normalized spacial score (nSPS) is 11.6. The number of hydrazine groups is 1. The number of rotatable bonds is 4. The number of hydrogen-bond acceptors (Lipinski definition) is 5. The third kappa shape index (κ3) is 3.09. The molecule has 21 heavy (non-hydrogen) atoms. The Kier molecular flexibility index (Phi) is 4.08. The van der Waals surface area contributed by atoms with Crippen LogP contribution in [-0.2, 0) is 17.1 Å². The van der Waals surface area contributed by atoms with E-state index in [0.717, 1.165) is 0 Å². The standard InChI is InChI=1S/C11H13ClN4O4S/c1-6-4-8(7(2)20-6)10(17)14-15-21(18,19)11-9(12)16(3)5-13-11/h4-5,15H,1-3H3,(H,14,17). The number of hydrogen-bond donors (Lipinski definition) is 2. The number of aryl methyl sites for hydroxylation is 3. The number of carbonyl (C=O) groups excluding carboxylic acids is 1. The van der Waals surface area contributed by atoms with E-state index in [1.54, 1.807) is 20.9 Å². The molecule has 2 heterocycles. The van der Waals surface area contributed by atoms with Gasteiger partial charge in [-0.25, -0.2) is 13.4 Å². The van der Waals surface area contributed by atoms with Crippen molar-refractivity contribution in [2.45, 2.75) is 18.9 Å². The number of sulfonamides is 1. The molecule has 2 aromatic rings. The molecule has 0 bridgehead atoms. The highest BCUT2D eigenvalue weighted by molar-refractivity contribution is 7.89. The SMILES string of the molecule is Cc1cc(C(=O)NNS(=O)(=O)c2ncn(C)c2Cl)c(C)o1. The molecule has 2 N–H and O–H groups in total. The Labute approximate surface area is 126 Å². The van der Waals surface area contributed by atoms with Crippen molar-refractivity contribution in [2.24, 2.45) is 7.05 Å². The molecule has 0 unspecified atom stereocenters. The van der Waals surface area contributed by atoms with Gasteiger partial charge in [0.15, 0.2) is 0 Å². The molecule has 0 aliphatic carbocycles. The summed E-state index contributed by atoms with van der Waals surface area (Å²) in [6, 6.07) is 1.51. The monoisotopic (exact) mass is 332 g/mol. The number of furan rings is 1. The van der Waals surface area contributed by atoms with Gasteiger partial charge in [0.25, 0.3) is 15.9 Å². The van der Waals surface area contributed by atoms with E-state index in [1.807, 2.05) is 4.83 Å². The third-order valence-electron chi connectivity index (χ3n) is 2.67. The molecule has 0 radical (unpaired) electrons. The lowest BCUT2D eigenvalue weighted by Gasteiger charge is -2.06. The number of aromatic nitrogens is 2. The molecule has 0 atom stereocenters. The summed E-state index contributed by atoms with van der Waals surface area (Å²) in [7, 11) is -2.51. The Morgan fingerprint density at radius 2 is 2.10 bits per heavy atom. The summed E-state index contributed by atoms with van der Waals surface area (Å²) in [5.74, 6) is 0.299. The first-order valence-corrected chi connectivity index (χ1v) is 7.64. The summed E-state index contributed by atoms with van der Waals surface area (Å²) in [4.78, 5) is 17.5. The predicted molar refractivity (Wildman–Crippen MR) is 74.2 cm³/mol. The maximum Gasteiger partial charge on any atom is 0.277 e. The molecular formula is C11H13ClN4O4S. The van der Waals surface area contributed by atoms with Crippen LogP contribution in [0.5, 0.6) is 0 Å². The van der Waals surface area contributed by atoms with Gasteiger partial charge in [-0.1, -0.05) is 11.6 Å². The highest BCUT2D eigenvalue weighted by Crippen LogP contribution is 2.18. The average molecular weight is 333 g/mol. The molecule has 1 amide bonds. The first-order chi connectivity index (χ1) is 9.72. The Hall–Kier alpha value is -1.84. The fourth-order valence-electron chi connectivity index (χ4n) is 1.66. The summed E-state index contributed by atoms with van der Waals surface area (Å²) in [6.45, 7) is 3.29. The molecule has 0 aliphatic rings. The number of carbonyl (C=O) groups is 1. The van der Waals surface area contributed by atoms with Gasteiger partial charge in [-0.15, -0.1) is 4.83 Å². The second-order valence-electron chi connectivity index (χ2n) is 4.34. The van der Waals surface area contributed by atoms with E-state index >= 15 is 0 Å². The molecule has 2 aromatic heterocycles. The van der Waals surface area contributed by atoms with Gasteiger partial charge in [0, 0.05) is 7.05 Å². The first-order valence-electron chi connectivity index (χ1n) is 5.78. The minimum Gasteiger partial charge on any atom is -0.466 e. The quantitative estimate of drug-likeness (QED) is 0.809. The van der Waals surface area contributed by atoms with Gasteiger partial charge in [-0.3, -0.25) is 10.2 Å². The molecular weight excluding hydrogens is 320 g/mol. The van der Waals surface area contributed by atoms with Gasteiger partial charge in [0.1, 0.15) is 16.7 Å². The molecule has 8 nitrogen and oxygen atoms in total. The number of nitrogens with one attached hydrogen (secondary N) is 2. The topological polar surface area (TPSA) is 106 Å². The number of halogens is 1. The molecule has 0 spiro atoms. The van der Waals surface area contributed by atoms with Gasteiger partial charge in [-0.2, -0.15) is 0 Å². The Morgan fingerprint density at radius 1 is 1.43 bits per heavy atom. The maximum atomic E-state index is 12.0. The Bertz CT molecular complexity index is 793. The van der Waals surface area contributed by atoms with Crippen molar-refractivity contribution in [1.82, 2.24) is 19.8 Å². The van der Waals surface area contributed by atoms with Crippen molar-refractivity contribution in [3.05, 3.63) is 34.6 Å². The van der Waals surface area contributed by atoms with Gasteiger partial charge in [0.05, 0.1) is 11.9 Å². The number of nitrogens with zero attached hydrogens (tertiary/aromatic N) is 2. The van der Waals surface area contributed by atoms with Crippen molar-refractivity contribution < 1.29 is 17.6 Å². The second-order valence-corrected chi connectivity index (χ2v) is 6.29. The zero-order valence-corrected chi connectivity index (χ0v) is 13.0. The molecule has 0 saturated carbocycles. The second kappa shape index (κ2) is 5.51. The van der Waals surface area contributed by atoms with Crippen LogP contribution >= 0.6 is 11.6 Å². The van der Waals surface area contributed by atoms with Gasteiger partial charge in [0.2, 0.25) is 5.03 Å².